The second kappa shape index (κ2) is 9.07. The van der Waals surface area contributed by atoms with Gasteiger partial charge < -0.3 is 24.3 Å². The molecule has 162 valence electrons. The van der Waals surface area contributed by atoms with Crippen LogP contribution >= 0.6 is 0 Å². The summed E-state index contributed by atoms with van der Waals surface area (Å²) >= 11 is 0. The predicted molar refractivity (Wildman–Crippen MR) is 114 cm³/mol. The molecule has 2 heterocycles. The first-order valence-electron chi connectivity index (χ1n) is 9.82. The number of nitrogens with zero attached hydrogens (tertiary/aromatic N) is 2. The molecule has 1 atom stereocenters. The average molecular weight is 424 g/mol. The van der Waals surface area contributed by atoms with Crippen LogP contribution in [0.1, 0.15) is 11.9 Å². The van der Waals surface area contributed by atoms with Crippen molar-refractivity contribution in [3.05, 3.63) is 54.4 Å². The smallest absolute Gasteiger partial charge is 0.419 e. The van der Waals surface area contributed by atoms with Crippen molar-refractivity contribution in [3.63, 3.8) is 0 Å². The number of nitrogens with one attached hydrogen (secondary N) is 2. The van der Waals surface area contributed by atoms with Crippen molar-refractivity contribution in [2.24, 2.45) is 0 Å². The number of hydrazine groups is 1. The van der Waals surface area contributed by atoms with Crippen molar-refractivity contribution in [3.8, 4) is 34.0 Å². The van der Waals surface area contributed by atoms with Crippen molar-refractivity contribution >= 4 is 6.09 Å². The quantitative estimate of drug-likeness (QED) is 0.557. The number of imidazole rings is 1. The maximum absolute atomic E-state index is 11.0. The van der Waals surface area contributed by atoms with Crippen LogP contribution in [0, 0.1) is 0 Å². The van der Waals surface area contributed by atoms with Crippen LogP contribution in [0.5, 0.6) is 11.5 Å². The number of aromatic amines is 1. The van der Waals surface area contributed by atoms with Crippen LogP contribution < -0.4 is 14.9 Å². The second-order valence-electron chi connectivity index (χ2n) is 7.03. The number of H-pyrrole nitrogens is 1. The van der Waals surface area contributed by atoms with Crippen molar-refractivity contribution in [2.45, 2.75) is 6.10 Å². The van der Waals surface area contributed by atoms with Gasteiger partial charge in [-0.3, -0.25) is 5.43 Å². The van der Waals surface area contributed by atoms with Gasteiger partial charge in [0.2, 0.25) is 0 Å². The molecular formula is C22H24N4O5. The van der Waals surface area contributed by atoms with Crippen molar-refractivity contribution in [1.82, 2.24) is 20.4 Å². The zero-order valence-electron chi connectivity index (χ0n) is 17.3. The van der Waals surface area contributed by atoms with Gasteiger partial charge in [-0.25, -0.2) is 14.8 Å². The molecule has 4 rings (SSSR count). The molecule has 1 aromatic heterocycles. The summed E-state index contributed by atoms with van der Waals surface area (Å²) in [5.41, 5.74) is 5.88. The molecule has 2 aromatic carbocycles. The molecule has 1 fully saturated rings. The normalized spacial score (nSPS) is 16.6. The molecule has 3 aromatic rings. The van der Waals surface area contributed by atoms with E-state index in [0.29, 0.717) is 25.5 Å². The summed E-state index contributed by atoms with van der Waals surface area (Å²) in [5, 5.41) is 10.6. The number of carboxylic acid groups (broad SMARTS) is 1. The van der Waals surface area contributed by atoms with E-state index in [2.05, 4.69) is 10.4 Å². The molecule has 1 saturated heterocycles. The number of hydrogen-bond acceptors (Lipinski definition) is 6. The third-order valence-electron chi connectivity index (χ3n) is 5.09. The topological polar surface area (TPSA) is 109 Å². The third-order valence-corrected chi connectivity index (χ3v) is 5.09. The van der Waals surface area contributed by atoms with Gasteiger partial charge in [-0.05, 0) is 48.5 Å². The summed E-state index contributed by atoms with van der Waals surface area (Å²) in [5.74, 6) is 2.16. The van der Waals surface area contributed by atoms with E-state index in [-0.39, 0.29) is 0 Å². The highest BCUT2D eigenvalue weighted by Gasteiger charge is 2.27. The minimum absolute atomic E-state index is 0.351. The highest BCUT2D eigenvalue weighted by molar-refractivity contribution is 5.79. The van der Waals surface area contributed by atoms with Crippen LogP contribution in [0.2, 0.25) is 0 Å². The minimum Gasteiger partial charge on any atom is -0.497 e. The van der Waals surface area contributed by atoms with Crippen LogP contribution in [0.25, 0.3) is 22.5 Å². The Balaban J connectivity index is 1.71. The van der Waals surface area contributed by atoms with Gasteiger partial charge >= 0.3 is 6.09 Å². The zero-order valence-corrected chi connectivity index (χ0v) is 17.3. The Kier molecular flexibility index (Phi) is 6.06. The summed E-state index contributed by atoms with van der Waals surface area (Å²) in [4.78, 5) is 19.2. The van der Waals surface area contributed by atoms with Gasteiger partial charge in [0.1, 0.15) is 23.4 Å². The lowest BCUT2D eigenvalue weighted by Gasteiger charge is -2.31. The van der Waals surface area contributed by atoms with Crippen LogP contribution in [-0.2, 0) is 4.74 Å². The molecule has 9 heteroatoms. The Hall–Kier alpha value is -3.56. The number of benzene rings is 2. The maximum Gasteiger partial charge on any atom is 0.419 e. The summed E-state index contributed by atoms with van der Waals surface area (Å²) in [6.07, 6.45) is -1.50. The van der Waals surface area contributed by atoms with Gasteiger partial charge in [-0.1, -0.05) is 0 Å². The standard InChI is InChI=1S/C22H24N4O5/c1-29-16-7-3-14(4-8-16)19-20(15-5-9-17(30-2)10-6-15)24-21(23-19)18-13-26(11-12-31-18)25-22(27)28/h3-10,18,25H,11-13H2,1-2H3,(H,23,24)(H,27,28). The molecule has 0 aliphatic carbocycles. The van der Waals surface area contributed by atoms with E-state index in [1.165, 1.54) is 0 Å². The Morgan fingerprint density at radius 3 is 2.29 bits per heavy atom. The SMILES string of the molecule is COc1ccc(-c2nc(C3CN(NC(=O)O)CCO3)[nH]c2-c2ccc(OC)cc2)cc1. The third kappa shape index (κ3) is 4.62. The number of carbonyl (C=O) groups is 1. The summed E-state index contributed by atoms with van der Waals surface area (Å²) in [6, 6.07) is 15.4. The summed E-state index contributed by atoms with van der Waals surface area (Å²) in [7, 11) is 3.26. The fraction of sp³-hybridized carbons (Fsp3) is 0.273. The van der Waals surface area contributed by atoms with Gasteiger partial charge in [0.25, 0.3) is 0 Å². The van der Waals surface area contributed by atoms with Crippen LogP contribution in [0.15, 0.2) is 48.5 Å². The molecule has 1 unspecified atom stereocenters. The Morgan fingerprint density at radius 2 is 1.71 bits per heavy atom. The Labute approximate surface area is 179 Å². The molecule has 9 nitrogen and oxygen atoms in total. The molecule has 0 spiro atoms. The number of morpholine rings is 1. The summed E-state index contributed by atoms with van der Waals surface area (Å²) < 4.78 is 16.4. The first kappa shape index (κ1) is 20.7. The number of rotatable bonds is 6. The van der Waals surface area contributed by atoms with Gasteiger partial charge in [0.15, 0.2) is 0 Å². The van der Waals surface area contributed by atoms with Crippen LogP contribution in [0.3, 0.4) is 0 Å². The zero-order chi connectivity index (χ0) is 21.8. The van der Waals surface area contributed by atoms with E-state index in [1.807, 2.05) is 48.5 Å². The molecule has 1 aliphatic heterocycles. The first-order chi connectivity index (χ1) is 15.1. The largest absolute Gasteiger partial charge is 0.497 e. The van der Waals surface area contributed by atoms with E-state index < -0.39 is 12.2 Å². The number of hydrogen-bond donors (Lipinski definition) is 3. The van der Waals surface area contributed by atoms with E-state index in [4.69, 9.17) is 24.3 Å². The van der Waals surface area contributed by atoms with Crippen LogP contribution in [0.4, 0.5) is 4.79 Å². The lowest BCUT2D eigenvalue weighted by molar-refractivity contribution is -0.0491. The fourth-order valence-electron chi connectivity index (χ4n) is 3.52. The van der Waals surface area contributed by atoms with Crippen molar-refractivity contribution < 1.29 is 24.1 Å². The molecule has 3 N–H and O–H groups in total. The van der Waals surface area contributed by atoms with Gasteiger partial charge in [0.05, 0.1) is 38.8 Å². The number of amides is 1. The lowest BCUT2D eigenvalue weighted by Crippen LogP contribution is -2.49. The molecule has 31 heavy (non-hydrogen) atoms. The highest BCUT2D eigenvalue weighted by atomic mass is 16.5. The average Bonchev–Trinajstić information content (AvgIpc) is 3.24. The van der Waals surface area contributed by atoms with Gasteiger partial charge in [-0.2, -0.15) is 0 Å². The monoisotopic (exact) mass is 424 g/mol. The van der Waals surface area contributed by atoms with E-state index in [0.717, 1.165) is 34.0 Å². The fourth-order valence-corrected chi connectivity index (χ4v) is 3.52. The number of ether oxygens (including phenoxy) is 3. The Morgan fingerprint density at radius 1 is 1.10 bits per heavy atom. The minimum atomic E-state index is -1.10. The molecule has 1 amide bonds. The molecule has 0 bridgehead atoms. The lowest BCUT2D eigenvalue weighted by atomic mass is 10.0. The van der Waals surface area contributed by atoms with Crippen LogP contribution in [-0.4, -0.2) is 60.1 Å². The molecule has 0 radical (unpaired) electrons. The Bertz CT molecular complexity index is 968. The van der Waals surface area contributed by atoms with E-state index in [1.54, 1.807) is 19.2 Å². The van der Waals surface area contributed by atoms with Gasteiger partial charge in [0, 0.05) is 17.7 Å². The second-order valence-corrected chi connectivity index (χ2v) is 7.03. The van der Waals surface area contributed by atoms with E-state index in [9.17, 15) is 4.79 Å². The first-order valence-corrected chi connectivity index (χ1v) is 9.82. The molecular weight excluding hydrogens is 400 g/mol. The maximum atomic E-state index is 11.0. The number of aromatic nitrogens is 2. The van der Waals surface area contributed by atoms with E-state index >= 15 is 0 Å². The van der Waals surface area contributed by atoms with Crippen molar-refractivity contribution in [2.75, 3.05) is 33.9 Å². The highest BCUT2D eigenvalue weighted by Crippen LogP contribution is 2.34. The summed E-state index contributed by atoms with van der Waals surface area (Å²) in [6.45, 7) is 1.21. The van der Waals surface area contributed by atoms with Gasteiger partial charge in [-0.15, -0.1) is 0 Å². The van der Waals surface area contributed by atoms with Crippen molar-refractivity contribution in [1.29, 1.82) is 0 Å². The molecule has 0 saturated carbocycles. The predicted octanol–water partition coefficient (Wildman–Crippen LogP) is 3.32. The number of methoxy groups -OCH3 is 2. The molecule has 1 aliphatic rings.